The molecule has 1 heterocycles. The van der Waals surface area contributed by atoms with Gasteiger partial charge in [-0.1, -0.05) is 17.7 Å². The summed E-state index contributed by atoms with van der Waals surface area (Å²) >= 11 is 6.06. The van der Waals surface area contributed by atoms with Crippen molar-refractivity contribution >= 4 is 17.3 Å². The van der Waals surface area contributed by atoms with Gasteiger partial charge < -0.3 is 10.5 Å². The van der Waals surface area contributed by atoms with Gasteiger partial charge in [0.2, 0.25) is 0 Å². The molecule has 0 saturated carbocycles. The van der Waals surface area contributed by atoms with Crippen LogP contribution in [0.4, 0.5) is 5.69 Å². The van der Waals surface area contributed by atoms with Gasteiger partial charge in [-0.2, -0.15) is 0 Å². The zero-order valence-electron chi connectivity index (χ0n) is 10.1. The molecule has 0 saturated heterocycles. The first-order chi connectivity index (χ1) is 8.65. The summed E-state index contributed by atoms with van der Waals surface area (Å²) in [7, 11) is 0. The number of pyridine rings is 1. The van der Waals surface area contributed by atoms with Gasteiger partial charge in [0.05, 0.1) is 5.02 Å². The molecular weight excluding hydrogens is 248 g/mol. The highest BCUT2D eigenvalue weighted by Crippen LogP contribution is 2.27. The van der Waals surface area contributed by atoms with E-state index in [1.165, 1.54) is 0 Å². The Morgan fingerprint density at radius 1 is 1.33 bits per heavy atom. The summed E-state index contributed by atoms with van der Waals surface area (Å²) in [6.45, 7) is 1.99. The predicted octanol–water partition coefficient (Wildman–Crippen LogP) is 3.33. The third-order valence-electron chi connectivity index (χ3n) is 2.51. The SMILES string of the molecule is CC(Cc1ccccn1)Oc1ccc(N)cc1Cl. The molecule has 1 unspecified atom stereocenters. The molecule has 1 atom stereocenters. The van der Waals surface area contributed by atoms with Gasteiger partial charge in [-0.3, -0.25) is 4.98 Å². The molecule has 0 aliphatic carbocycles. The number of hydrogen-bond donors (Lipinski definition) is 1. The predicted molar refractivity (Wildman–Crippen MR) is 73.9 cm³/mol. The van der Waals surface area contributed by atoms with E-state index in [0.29, 0.717) is 16.5 Å². The summed E-state index contributed by atoms with van der Waals surface area (Å²) in [6.07, 6.45) is 2.51. The Bertz CT molecular complexity index is 516. The van der Waals surface area contributed by atoms with E-state index < -0.39 is 0 Å². The number of nitrogens with two attached hydrogens (primary N) is 1. The summed E-state index contributed by atoms with van der Waals surface area (Å²) in [5.41, 5.74) is 7.26. The molecule has 94 valence electrons. The molecule has 0 bridgehead atoms. The molecule has 2 rings (SSSR count). The minimum absolute atomic E-state index is 0.000949. The number of halogens is 1. The van der Waals surface area contributed by atoms with E-state index in [1.807, 2.05) is 25.1 Å². The summed E-state index contributed by atoms with van der Waals surface area (Å²) in [5.74, 6) is 0.647. The minimum Gasteiger partial charge on any atom is -0.489 e. The number of benzene rings is 1. The van der Waals surface area contributed by atoms with E-state index >= 15 is 0 Å². The lowest BCUT2D eigenvalue weighted by atomic mass is 10.2. The zero-order chi connectivity index (χ0) is 13.0. The van der Waals surface area contributed by atoms with Crippen LogP contribution in [-0.2, 0) is 6.42 Å². The summed E-state index contributed by atoms with van der Waals surface area (Å²) in [5, 5.41) is 0.530. The number of rotatable bonds is 4. The monoisotopic (exact) mass is 262 g/mol. The van der Waals surface area contributed by atoms with Crippen molar-refractivity contribution in [1.29, 1.82) is 0 Å². The van der Waals surface area contributed by atoms with Gasteiger partial charge in [-0.15, -0.1) is 0 Å². The highest BCUT2D eigenvalue weighted by atomic mass is 35.5. The van der Waals surface area contributed by atoms with Gasteiger partial charge in [0, 0.05) is 24.0 Å². The number of nitrogens with zero attached hydrogens (tertiary/aromatic N) is 1. The normalized spacial score (nSPS) is 12.1. The van der Waals surface area contributed by atoms with Crippen molar-refractivity contribution in [3.63, 3.8) is 0 Å². The van der Waals surface area contributed by atoms with Crippen molar-refractivity contribution < 1.29 is 4.74 Å². The standard InChI is InChI=1S/C14H15ClN2O/c1-10(8-12-4-2-3-7-17-12)18-14-6-5-11(16)9-13(14)15/h2-7,9-10H,8,16H2,1H3. The second kappa shape index (κ2) is 5.74. The first-order valence-electron chi connectivity index (χ1n) is 5.77. The molecule has 0 aliphatic rings. The maximum atomic E-state index is 6.06. The highest BCUT2D eigenvalue weighted by Gasteiger charge is 2.09. The molecule has 3 nitrogen and oxygen atoms in total. The maximum absolute atomic E-state index is 6.06. The number of ether oxygens (including phenoxy) is 1. The number of aromatic nitrogens is 1. The number of hydrogen-bond acceptors (Lipinski definition) is 3. The van der Waals surface area contributed by atoms with Crippen molar-refractivity contribution in [3.8, 4) is 5.75 Å². The van der Waals surface area contributed by atoms with Crippen LogP contribution in [0.3, 0.4) is 0 Å². The number of anilines is 1. The fourth-order valence-corrected chi connectivity index (χ4v) is 1.92. The first kappa shape index (κ1) is 12.7. The lowest BCUT2D eigenvalue weighted by Gasteiger charge is -2.15. The van der Waals surface area contributed by atoms with Crippen molar-refractivity contribution in [1.82, 2.24) is 4.98 Å². The summed E-state index contributed by atoms with van der Waals surface area (Å²) < 4.78 is 5.78. The van der Waals surface area contributed by atoms with Crippen LogP contribution in [0.2, 0.25) is 5.02 Å². The molecule has 2 N–H and O–H groups in total. The molecule has 1 aromatic heterocycles. The van der Waals surface area contributed by atoms with Gasteiger partial charge in [0.1, 0.15) is 11.9 Å². The van der Waals surface area contributed by atoms with Gasteiger partial charge in [-0.25, -0.2) is 0 Å². The summed E-state index contributed by atoms with van der Waals surface area (Å²) in [6, 6.07) is 11.1. The Hall–Kier alpha value is -1.74. The largest absolute Gasteiger partial charge is 0.489 e. The Kier molecular flexibility index (Phi) is 4.05. The molecule has 1 aromatic carbocycles. The maximum Gasteiger partial charge on any atom is 0.138 e. The average molecular weight is 263 g/mol. The second-order valence-corrected chi connectivity index (χ2v) is 4.55. The Morgan fingerprint density at radius 3 is 2.83 bits per heavy atom. The molecule has 0 radical (unpaired) electrons. The third-order valence-corrected chi connectivity index (χ3v) is 2.80. The minimum atomic E-state index is 0.000949. The first-order valence-corrected chi connectivity index (χ1v) is 6.14. The van der Waals surface area contributed by atoms with E-state index in [4.69, 9.17) is 22.1 Å². The van der Waals surface area contributed by atoms with E-state index in [-0.39, 0.29) is 6.10 Å². The number of nitrogen functional groups attached to an aromatic ring is 1. The highest BCUT2D eigenvalue weighted by molar-refractivity contribution is 6.32. The van der Waals surface area contributed by atoms with Crippen LogP contribution in [0.5, 0.6) is 5.75 Å². The average Bonchev–Trinajstić information content (AvgIpc) is 2.34. The van der Waals surface area contributed by atoms with Crippen LogP contribution in [0.1, 0.15) is 12.6 Å². The molecule has 0 aliphatic heterocycles. The molecule has 0 spiro atoms. The molecular formula is C14H15ClN2O. The van der Waals surface area contributed by atoms with E-state index in [0.717, 1.165) is 12.1 Å². The van der Waals surface area contributed by atoms with Gasteiger partial charge in [0.25, 0.3) is 0 Å². The molecule has 0 amide bonds. The van der Waals surface area contributed by atoms with E-state index in [2.05, 4.69) is 4.98 Å². The van der Waals surface area contributed by atoms with Crippen LogP contribution in [0, 0.1) is 0 Å². The van der Waals surface area contributed by atoms with Crippen LogP contribution < -0.4 is 10.5 Å². The van der Waals surface area contributed by atoms with Crippen molar-refractivity contribution in [3.05, 3.63) is 53.3 Å². The Labute approximate surface area is 112 Å². The van der Waals surface area contributed by atoms with Gasteiger partial charge >= 0.3 is 0 Å². The van der Waals surface area contributed by atoms with E-state index in [1.54, 1.807) is 24.4 Å². The third kappa shape index (κ3) is 3.37. The topological polar surface area (TPSA) is 48.1 Å². The van der Waals surface area contributed by atoms with Crippen LogP contribution in [0.15, 0.2) is 42.6 Å². The lowest BCUT2D eigenvalue weighted by Crippen LogP contribution is -2.16. The fraction of sp³-hybridized carbons (Fsp3) is 0.214. The summed E-state index contributed by atoms with van der Waals surface area (Å²) in [4.78, 5) is 4.26. The zero-order valence-corrected chi connectivity index (χ0v) is 10.9. The van der Waals surface area contributed by atoms with Crippen molar-refractivity contribution in [2.24, 2.45) is 0 Å². The van der Waals surface area contributed by atoms with Crippen LogP contribution in [0.25, 0.3) is 0 Å². The lowest BCUT2D eigenvalue weighted by molar-refractivity contribution is 0.221. The van der Waals surface area contributed by atoms with E-state index in [9.17, 15) is 0 Å². The second-order valence-electron chi connectivity index (χ2n) is 4.14. The molecule has 2 aromatic rings. The van der Waals surface area contributed by atoms with Crippen molar-refractivity contribution in [2.75, 3.05) is 5.73 Å². The Morgan fingerprint density at radius 2 is 2.17 bits per heavy atom. The Balaban J connectivity index is 2.01. The molecule has 4 heteroatoms. The molecule has 0 fully saturated rings. The van der Waals surface area contributed by atoms with Crippen molar-refractivity contribution in [2.45, 2.75) is 19.4 Å². The quantitative estimate of drug-likeness (QED) is 0.860. The molecule has 18 heavy (non-hydrogen) atoms. The fourth-order valence-electron chi connectivity index (χ4n) is 1.68. The van der Waals surface area contributed by atoms with Crippen LogP contribution in [-0.4, -0.2) is 11.1 Å². The smallest absolute Gasteiger partial charge is 0.138 e. The van der Waals surface area contributed by atoms with Crippen LogP contribution >= 0.6 is 11.6 Å². The van der Waals surface area contributed by atoms with Gasteiger partial charge in [0.15, 0.2) is 0 Å². The van der Waals surface area contributed by atoms with Gasteiger partial charge in [-0.05, 0) is 37.3 Å².